The molecule has 0 aliphatic heterocycles. The van der Waals surface area contributed by atoms with Crippen LogP contribution in [0.4, 0.5) is 5.69 Å². The van der Waals surface area contributed by atoms with Crippen molar-refractivity contribution in [1.29, 1.82) is 0 Å². The first kappa shape index (κ1) is 14.5. The number of rotatable bonds is 7. The number of pyridine rings is 1. The molecule has 1 heterocycles. The third-order valence-corrected chi connectivity index (χ3v) is 3.01. The van der Waals surface area contributed by atoms with Gasteiger partial charge in [-0.1, -0.05) is 13.3 Å². The summed E-state index contributed by atoms with van der Waals surface area (Å²) in [5.41, 5.74) is 2.06. The van der Waals surface area contributed by atoms with Crippen molar-refractivity contribution in [2.24, 2.45) is 5.92 Å². The molecule has 1 aromatic rings. The maximum Gasteiger partial charge on any atom is 0.306 e. The minimum atomic E-state index is -0.708. The first-order chi connectivity index (χ1) is 8.49. The lowest BCUT2D eigenvalue weighted by atomic mass is 10.0. The summed E-state index contributed by atoms with van der Waals surface area (Å²) >= 11 is 0. The van der Waals surface area contributed by atoms with Crippen molar-refractivity contribution < 1.29 is 9.90 Å². The molecule has 0 fully saturated rings. The molecule has 0 saturated heterocycles. The number of hydrogen-bond acceptors (Lipinski definition) is 3. The molecule has 0 aliphatic carbocycles. The van der Waals surface area contributed by atoms with E-state index < -0.39 is 5.97 Å². The molecule has 0 amide bonds. The van der Waals surface area contributed by atoms with Crippen molar-refractivity contribution in [2.45, 2.75) is 46.1 Å². The maximum atomic E-state index is 10.7. The van der Waals surface area contributed by atoms with E-state index in [-0.39, 0.29) is 5.92 Å². The zero-order chi connectivity index (χ0) is 13.5. The standard InChI is InChI=1S/C14H22N2O2/c1-10(14(17)18)5-4-6-11(2)16-13-7-8-15-12(3)9-13/h7-11H,4-6H2,1-3H3,(H,15,16)(H,17,18). The van der Waals surface area contributed by atoms with Gasteiger partial charge >= 0.3 is 5.97 Å². The van der Waals surface area contributed by atoms with E-state index in [1.807, 2.05) is 19.1 Å². The smallest absolute Gasteiger partial charge is 0.306 e. The minimum Gasteiger partial charge on any atom is -0.481 e. The Morgan fingerprint density at radius 3 is 2.78 bits per heavy atom. The molecule has 2 atom stereocenters. The first-order valence-electron chi connectivity index (χ1n) is 6.41. The van der Waals surface area contributed by atoms with Gasteiger partial charge in [-0.2, -0.15) is 0 Å². The van der Waals surface area contributed by atoms with Gasteiger partial charge in [-0.25, -0.2) is 0 Å². The molecule has 1 rings (SSSR count). The van der Waals surface area contributed by atoms with Gasteiger partial charge in [0.25, 0.3) is 0 Å². The lowest BCUT2D eigenvalue weighted by Gasteiger charge is -2.16. The maximum absolute atomic E-state index is 10.7. The van der Waals surface area contributed by atoms with Crippen LogP contribution >= 0.6 is 0 Å². The number of aliphatic carboxylic acids is 1. The van der Waals surface area contributed by atoms with E-state index in [4.69, 9.17) is 5.11 Å². The Hall–Kier alpha value is -1.58. The number of aryl methyl sites for hydroxylation is 1. The van der Waals surface area contributed by atoms with Crippen molar-refractivity contribution in [3.8, 4) is 0 Å². The molecule has 2 N–H and O–H groups in total. The van der Waals surface area contributed by atoms with Crippen molar-refractivity contribution in [3.05, 3.63) is 24.0 Å². The van der Waals surface area contributed by atoms with Crippen LogP contribution in [0.15, 0.2) is 18.3 Å². The lowest BCUT2D eigenvalue weighted by Crippen LogP contribution is -2.16. The highest BCUT2D eigenvalue weighted by Gasteiger charge is 2.11. The minimum absolute atomic E-state index is 0.250. The average molecular weight is 250 g/mol. The fourth-order valence-electron chi connectivity index (χ4n) is 1.85. The summed E-state index contributed by atoms with van der Waals surface area (Å²) in [6, 6.07) is 4.30. The lowest BCUT2D eigenvalue weighted by molar-refractivity contribution is -0.141. The highest BCUT2D eigenvalue weighted by molar-refractivity contribution is 5.69. The van der Waals surface area contributed by atoms with Gasteiger partial charge in [0.05, 0.1) is 5.92 Å². The van der Waals surface area contributed by atoms with Crippen LogP contribution in [0.25, 0.3) is 0 Å². The second-order valence-corrected chi connectivity index (χ2v) is 4.90. The molecular weight excluding hydrogens is 228 g/mol. The van der Waals surface area contributed by atoms with E-state index in [9.17, 15) is 4.79 Å². The van der Waals surface area contributed by atoms with Crippen molar-refractivity contribution in [1.82, 2.24) is 4.98 Å². The first-order valence-corrected chi connectivity index (χ1v) is 6.41. The summed E-state index contributed by atoms with van der Waals surface area (Å²) in [6.07, 6.45) is 4.41. The van der Waals surface area contributed by atoms with Crippen molar-refractivity contribution in [3.63, 3.8) is 0 Å². The van der Waals surface area contributed by atoms with Gasteiger partial charge in [0.15, 0.2) is 0 Å². The van der Waals surface area contributed by atoms with Crippen LogP contribution in [-0.2, 0) is 4.79 Å². The summed E-state index contributed by atoms with van der Waals surface area (Å²) < 4.78 is 0. The van der Waals surface area contributed by atoms with Gasteiger partial charge in [-0.05, 0) is 38.8 Å². The van der Waals surface area contributed by atoms with Crippen LogP contribution in [0.5, 0.6) is 0 Å². The van der Waals surface area contributed by atoms with Gasteiger partial charge in [0.1, 0.15) is 0 Å². The number of carboxylic acid groups (broad SMARTS) is 1. The zero-order valence-electron chi connectivity index (χ0n) is 11.3. The fourth-order valence-corrected chi connectivity index (χ4v) is 1.85. The van der Waals surface area contributed by atoms with Crippen LogP contribution in [-0.4, -0.2) is 22.1 Å². The number of nitrogens with zero attached hydrogens (tertiary/aromatic N) is 1. The number of nitrogens with one attached hydrogen (secondary N) is 1. The zero-order valence-corrected chi connectivity index (χ0v) is 11.3. The Labute approximate surface area is 108 Å². The quantitative estimate of drug-likeness (QED) is 0.780. The van der Waals surface area contributed by atoms with E-state index in [0.717, 1.165) is 30.6 Å². The molecule has 1 aromatic heterocycles. The third kappa shape index (κ3) is 5.17. The van der Waals surface area contributed by atoms with E-state index >= 15 is 0 Å². The molecule has 4 heteroatoms. The Balaban J connectivity index is 2.29. The number of aromatic nitrogens is 1. The molecule has 18 heavy (non-hydrogen) atoms. The van der Waals surface area contributed by atoms with E-state index in [1.165, 1.54) is 0 Å². The van der Waals surface area contributed by atoms with Gasteiger partial charge in [-0.3, -0.25) is 9.78 Å². The molecule has 100 valence electrons. The largest absolute Gasteiger partial charge is 0.481 e. The van der Waals surface area contributed by atoms with E-state index in [1.54, 1.807) is 13.1 Å². The molecule has 0 saturated carbocycles. The van der Waals surface area contributed by atoms with Crippen molar-refractivity contribution in [2.75, 3.05) is 5.32 Å². The van der Waals surface area contributed by atoms with Gasteiger partial charge in [0, 0.05) is 23.6 Å². The van der Waals surface area contributed by atoms with Crippen LogP contribution in [0.3, 0.4) is 0 Å². The van der Waals surface area contributed by atoms with Gasteiger partial charge in [0.2, 0.25) is 0 Å². The van der Waals surface area contributed by atoms with Gasteiger partial charge < -0.3 is 10.4 Å². The highest BCUT2D eigenvalue weighted by atomic mass is 16.4. The van der Waals surface area contributed by atoms with Gasteiger partial charge in [-0.15, -0.1) is 0 Å². The van der Waals surface area contributed by atoms with Crippen LogP contribution < -0.4 is 5.32 Å². The molecule has 4 nitrogen and oxygen atoms in total. The summed E-state index contributed by atoms with van der Waals surface area (Å²) in [7, 11) is 0. The number of carbonyl (C=O) groups is 1. The summed E-state index contributed by atoms with van der Waals surface area (Å²) in [4.78, 5) is 14.8. The summed E-state index contributed by atoms with van der Waals surface area (Å²) in [6.45, 7) is 5.83. The Morgan fingerprint density at radius 2 is 2.17 bits per heavy atom. The van der Waals surface area contributed by atoms with E-state index in [2.05, 4.69) is 17.2 Å². The Morgan fingerprint density at radius 1 is 1.44 bits per heavy atom. The highest BCUT2D eigenvalue weighted by Crippen LogP contribution is 2.14. The molecule has 0 radical (unpaired) electrons. The molecule has 2 unspecified atom stereocenters. The molecular formula is C14H22N2O2. The van der Waals surface area contributed by atoms with Crippen LogP contribution in [0.1, 0.15) is 38.8 Å². The summed E-state index contributed by atoms with van der Waals surface area (Å²) in [5.74, 6) is -0.958. The second-order valence-electron chi connectivity index (χ2n) is 4.90. The normalized spacial score (nSPS) is 13.9. The molecule has 0 bridgehead atoms. The Kier molecular flexibility index (Phi) is 5.62. The Bertz CT molecular complexity index is 393. The molecule has 0 aliphatic rings. The number of anilines is 1. The monoisotopic (exact) mass is 250 g/mol. The van der Waals surface area contributed by atoms with Crippen LogP contribution in [0, 0.1) is 12.8 Å². The number of hydrogen-bond donors (Lipinski definition) is 2. The van der Waals surface area contributed by atoms with E-state index in [0.29, 0.717) is 6.04 Å². The third-order valence-electron chi connectivity index (χ3n) is 3.01. The molecule has 0 aromatic carbocycles. The summed E-state index contributed by atoms with van der Waals surface area (Å²) in [5, 5.41) is 12.2. The second kappa shape index (κ2) is 6.99. The average Bonchev–Trinajstić information content (AvgIpc) is 2.28. The topological polar surface area (TPSA) is 62.2 Å². The van der Waals surface area contributed by atoms with Crippen LogP contribution in [0.2, 0.25) is 0 Å². The predicted molar refractivity (Wildman–Crippen MR) is 72.7 cm³/mol. The number of carboxylic acids is 1. The SMILES string of the molecule is Cc1cc(NC(C)CCCC(C)C(=O)O)ccn1. The molecule has 0 spiro atoms. The fraction of sp³-hybridized carbons (Fsp3) is 0.571. The predicted octanol–water partition coefficient (Wildman–Crippen LogP) is 3.08. The van der Waals surface area contributed by atoms with Crippen molar-refractivity contribution >= 4 is 11.7 Å².